The smallest absolute Gasteiger partial charge is 0.0372 e. The van der Waals surface area contributed by atoms with Crippen LogP contribution in [0.15, 0.2) is 0 Å². The maximum Gasteiger partial charge on any atom is 0.0372 e. The average molecular weight is 129 g/mol. The van der Waals surface area contributed by atoms with E-state index < -0.39 is 0 Å². The Hall–Kier alpha value is -0.120. The van der Waals surface area contributed by atoms with Gasteiger partial charge in [-0.3, -0.25) is 5.43 Å². The van der Waals surface area contributed by atoms with Crippen LogP contribution < -0.4 is 5.43 Å². The van der Waals surface area contributed by atoms with E-state index in [0.717, 1.165) is 19.1 Å². The highest BCUT2D eigenvalue weighted by Crippen LogP contribution is 2.07. The first-order valence-electron chi connectivity index (χ1n) is 3.33. The summed E-state index contributed by atoms with van der Waals surface area (Å²) in [7, 11) is 6.21. The van der Waals surface area contributed by atoms with Crippen molar-refractivity contribution in [2.24, 2.45) is 0 Å². The second kappa shape index (κ2) is 2.64. The lowest BCUT2D eigenvalue weighted by atomic mass is 10.1. The zero-order valence-electron chi connectivity index (χ0n) is 6.39. The Labute approximate surface area is 56.6 Å². The molecule has 0 aromatic rings. The molecular weight excluding hydrogens is 114 g/mol. The Bertz CT molecular complexity index is 86.3. The minimum Gasteiger partial charge on any atom is -0.304 e. The molecule has 0 spiro atoms. The second-order valence-electron chi connectivity index (χ2n) is 2.75. The summed E-state index contributed by atoms with van der Waals surface area (Å²) in [5.74, 6) is 0. The molecular formula is C6H15N3. The van der Waals surface area contributed by atoms with Crippen molar-refractivity contribution in [1.82, 2.24) is 15.3 Å². The summed E-state index contributed by atoms with van der Waals surface area (Å²) in [6.45, 7) is 2.31. The van der Waals surface area contributed by atoms with Crippen LogP contribution in [0.1, 0.15) is 0 Å². The number of likely N-dealkylation sites (N-methyl/N-ethyl adjacent to an activating group) is 1. The largest absolute Gasteiger partial charge is 0.304 e. The summed E-state index contributed by atoms with van der Waals surface area (Å²) in [6, 6.07) is 0.762. The van der Waals surface area contributed by atoms with Gasteiger partial charge in [0.25, 0.3) is 0 Å². The molecule has 1 aliphatic rings. The van der Waals surface area contributed by atoms with Gasteiger partial charge in [0.2, 0.25) is 0 Å². The van der Waals surface area contributed by atoms with Crippen molar-refractivity contribution >= 4 is 0 Å². The molecule has 0 aromatic carbocycles. The Morgan fingerprint density at radius 3 is 2.33 bits per heavy atom. The van der Waals surface area contributed by atoms with E-state index in [1.54, 1.807) is 0 Å². The van der Waals surface area contributed by atoms with Gasteiger partial charge in [0.05, 0.1) is 0 Å². The highest BCUT2D eigenvalue weighted by molar-refractivity contribution is 4.82. The van der Waals surface area contributed by atoms with Crippen molar-refractivity contribution in [1.29, 1.82) is 0 Å². The first-order chi connectivity index (χ1) is 4.24. The van der Waals surface area contributed by atoms with E-state index in [4.69, 9.17) is 0 Å². The van der Waals surface area contributed by atoms with Crippen LogP contribution in [0.4, 0.5) is 0 Å². The lowest BCUT2D eigenvalue weighted by Crippen LogP contribution is -2.61. The first-order valence-corrected chi connectivity index (χ1v) is 3.33. The quantitative estimate of drug-likeness (QED) is 0.535. The normalized spacial score (nSPS) is 22.7. The topological polar surface area (TPSA) is 18.5 Å². The number of hydrogen-bond donors (Lipinski definition) is 1. The van der Waals surface area contributed by atoms with Crippen LogP contribution in [0.5, 0.6) is 0 Å². The molecule has 0 unspecified atom stereocenters. The van der Waals surface area contributed by atoms with Gasteiger partial charge in [0.1, 0.15) is 0 Å². The van der Waals surface area contributed by atoms with Gasteiger partial charge in [-0.2, -0.15) is 0 Å². The zero-order chi connectivity index (χ0) is 6.85. The Morgan fingerprint density at radius 1 is 1.44 bits per heavy atom. The minimum atomic E-state index is 0.762. The van der Waals surface area contributed by atoms with E-state index in [0.29, 0.717) is 0 Å². The molecule has 0 amide bonds. The predicted molar refractivity (Wildman–Crippen MR) is 38.1 cm³/mol. The van der Waals surface area contributed by atoms with Gasteiger partial charge in [-0.1, -0.05) is 0 Å². The average Bonchev–Trinajstić information content (AvgIpc) is 1.61. The molecule has 0 radical (unpaired) electrons. The fraction of sp³-hybridized carbons (Fsp3) is 1.00. The summed E-state index contributed by atoms with van der Waals surface area (Å²) in [5, 5.41) is 2.20. The summed E-state index contributed by atoms with van der Waals surface area (Å²) in [6.07, 6.45) is 0. The third kappa shape index (κ3) is 1.41. The van der Waals surface area contributed by atoms with Crippen LogP contribution in [0.2, 0.25) is 0 Å². The van der Waals surface area contributed by atoms with Crippen molar-refractivity contribution < 1.29 is 0 Å². The monoisotopic (exact) mass is 129 g/mol. The highest BCUT2D eigenvalue weighted by Gasteiger charge is 2.26. The molecule has 1 rings (SSSR count). The lowest BCUT2D eigenvalue weighted by molar-refractivity contribution is 0.0283. The predicted octanol–water partition coefficient (Wildman–Crippen LogP) is -0.633. The van der Waals surface area contributed by atoms with Gasteiger partial charge < -0.3 is 4.90 Å². The standard InChI is InChI=1S/C6H15N3/c1-7-9-4-6(5-9)8(2)3/h6-7H,4-5H2,1-3H3. The van der Waals surface area contributed by atoms with Crippen molar-refractivity contribution in [3.05, 3.63) is 0 Å². The molecule has 0 bridgehead atoms. The third-order valence-corrected chi connectivity index (χ3v) is 1.91. The molecule has 1 fully saturated rings. The summed E-state index contributed by atoms with van der Waals surface area (Å²) in [5.41, 5.74) is 3.09. The fourth-order valence-corrected chi connectivity index (χ4v) is 0.964. The van der Waals surface area contributed by atoms with Gasteiger partial charge in [-0.25, -0.2) is 5.01 Å². The van der Waals surface area contributed by atoms with Crippen LogP contribution in [0.25, 0.3) is 0 Å². The van der Waals surface area contributed by atoms with E-state index in [1.807, 2.05) is 7.05 Å². The number of nitrogens with one attached hydrogen (secondary N) is 1. The van der Waals surface area contributed by atoms with E-state index in [9.17, 15) is 0 Å². The first kappa shape index (κ1) is 6.99. The fourth-order valence-electron chi connectivity index (χ4n) is 0.964. The molecule has 0 aliphatic carbocycles. The number of hydrazine groups is 1. The Kier molecular flexibility index (Phi) is 2.05. The molecule has 0 saturated carbocycles. The van der Waals surface area contributed by atoms with Crippen LogP contribution >= 0.6 is 0 Å². The second-order valence-corrected chi connectivity index (χ2v) is 2.75. The molecule has 1 saturated heterocycles. The molecule has 1 aliphatic heterocycles. The molecule has 1 N–H and O–H groups in total. The molecule has 3 heteroatoms. The zero-order valence-corrected chi connectivity index (χ0v) is 6.39. The van der Waals surface area contributed by atoms with E-state index in [-0.39, 0.29) is 0 Å². The summed E-state index contributed by atoms with van der Waals surface area (Å²) < 4.78 is 0. The molecule has 9 heavy (non-hydrogen) atoms. The van der Waals surface area contributed by atoms with Crippen LogP contribution in [0, 0.1) is 0 Å². The summed E-state index contributed by atoms with van der Waals surface area (Å²) in [4.78, 5) is 2.26. The van der Waals surface area contributed by atoms with Gasteiger partial charge in [0.15, 0.2) is 0 Å². The molecule has 1 heterocycles. The van der Waals surface area contributed by atoms with Gasteiger partial charge in [0, 0.05) is 19.1 Å². The minimum absolute atomic E-state index is 0.762. The Morgan fingerprint density at radius 2 is 2.00 bits per heavy atom. The maximum absolute atomic E-state index is 3.09. The Balaban J connectivity index is 2.12. The molecule has 54 valence electrons. The van der Waals surface area contributed by atoms with Crippen molar-refractivity contribution in [3.8, 4) is 0 Å². The van der Waals surface area contributed by atoms with Crippen molar-refractivity contribution in [2.75, 3.05) is 34.2 Å². The van der Waals surface area contributed by atoms with E-state index in [2.05, 4.69) is 29.4 Å². The third-order valence-electron chi connectivity index (χ3n) is 1.91. The number of rotatable bonds is 2. The van der Waals surface area contributed by atoms with Gasteiger partial charge in [-0.05, 0) is 21.1 Å². The molecule has 0 atom stereocenters. The van der Waals surface area contributed by atoms with E-state index >= 15 is 0 Å². The van der Waals surface area contributed by atoms with E-state index in [1.165, 1.54) is 0 Å². The van der Waals surface area contributed by atoms with Crippen LogP contribution in [-0.4, -0.2) is 50.2 Å². The van der Waals surface area contributed by atoms with Crippen LogP contribution in [0.3, 0.4) is 0 Å². The summed E-state index contributed by atoms with van der Waals surface area (Å²) >= 11 is 0. The van der Waals surface area contributed by atoms with Crippen molar-refractivity contribution in [3.63, 3.8) is 0 Å². The number of nitrogens with zero attached hydrogens (tertiary/aromatic N) is 2. The maximum atomic E-state index is 3.09. The highest BCUT2D eigenvalue weighted by atomic mass is 15.5. The van der Waals surface area contributed by atoms with Crippen molar-refractivity contribution in [2.45, 2.75) is 6.04 Å². The van der Waals surface area contributed by atoms with Gasteiger partial charge >= 0.3 is 0 Å². The van der Waals surface area contributed by atoms with Crippen LogP contribution in [-0.2, 0) is 0 Å². The molecule has 0 aromatic heterocycles. The van der Waals surface area contributed by atoms with Gasteiger partial charge in [-0.15, -0.1) is 0 Å². The lowest BCUT2D eigenvalue weighted by Gasteiger charge is -2.41. The molecule has 3 nitrogen and oxygen atoms in total. The SMILES string of the molecule is CNN1CC(N(C)C)C1. The number of hydrogen-bond acceptors (Lipinski definition) is 3.